The average molecular weight is 315 g/mol. The van der Waals surface area contributed by atoms with Crippen LogP contribution in [-0.2, 0) is 0 Å². The largest absolute Gasteiger partial charge is 0.334 e. The van der Waals surface area contributed by atoms with Crippen LogP contribution in [0, 0.1) is 0 Å². The third-order valence-corrected chi connectivity index (χ3v) is 4.02. The third kappa shape index (κ3) is 3.84. The van der Waals surface area contributed by atoms with E-state index in [1.54, 1.807) is 4.68 Å². The standard InChI is InChI=1S/C15H21N7O/c1-11(2)21-8-7-13(9-21)18-15(23)17-12-3-5-14(6-4-12)22-10-16-19-20-22/h3-6,10-11,13H,7-9H2,1-2H3,(H2,17,18,23). The number of hydrogen-bond acceptors (Lipinski definition) is 5. The first-order valence-electron chi connectivity index (χ1n) is 7.77. The number of hydrogen-bond donors (Lipinski definition) is 2. The molecule has 122 valence electrons. The highest BCUT2D eigenvalue weighted by molar-refractivity contribution is 5.89. The van der Waals surface area contributed by atoms with Gasteiger partial charge in [-0.25, -0.2) is 9.48 Å². The van der Waals surface area contributed by atoms with Gasteiger partial charge in [-0.1, -0.05) is 0 Å². The van der Waals surface area contributed by atoms with E-state index < -0.39 is 0 Å². The Labute approximate surface area is 134 Å². The summed E-state index contributed by atoms with van der Waals surface area (Å²) in [4.78, 5) is 14.4. The SMILES string of the molecule is CC(C)N1CCC(NC(=O)Nc2ccc(-n3cnnn3)cc2)C1. The quantitative estimate of drug-likeness (QED) is 0.887. The van der Waals surface area contributed by atoms with E-state index in [0.717, 1.165) is 30.9 Å². The fourth-order valence-corrected chi connectivity index (χ4v) is 2.70. The van der Waals surface area contributed by atoms with Crippen LogP contribution >= 0.6 is 0 Å². The van der Waals surface area contributed by atoms with E-state index in [9.17, 15) is 4.79 Å². The summed E-state index contributed by atoms with van der Waals surface area (Å²) in [5.41, 5.74) is 1.57. The topological polar surface area (TPSA) is 88.0 Å². The summed E-state index contributed by atoms with van der Waals surface area (Å²) in [6.07, 6.45) is 2.51. The molecule has 2 heterocycles. The van der Waals surface area contributed by atoms with Gasteiger partial charge < -0.3 is 10.6 Å². The van der Waals surface area contributed by atoms with Gasteiger partial charge in [0.2, 0.25) is 0 Å². The Bertz CT molecular complexity index is 638. The van der Waals surface area contributed by atoms with Crippen LogP contribution in [0.3, 0.4) is 0 Å². The highest BCUT2D eigenvalue weighted by atomic mass is 16.2. The highest BCUT2D eigenvalue weighted by Gasteiger charge is 2.25. The normalized spacial score (nSPS) is 18.3. The van der Waals surface area contributed by atoms with Crippen LogP contribution in [0.1, 0.15) is 20.3 Å². The van der Waals surface area contributed by atoms with E-state index in [0.29, 0.717) is 6.04 Å². The van der Waals surface area contributed by atoms with Crippen molar-refractivity contribution in [1.29, 1.82) is 0 Å². The summed E-state index contributed by atoms with van der Waals surface area (Å²) >= 11 is 0. The maximum absolute atomic E-state index is 12.1. The first kappa shape index (κ1) is 15.4. The van der Waals surface area contributed by atoms with Crippen LogP contribution in [0.5, 0.6) is 0 Å². The number of aromatic nitrogens is 4. The number of nitrogens with one attached hydrogen (secondary N) is 2. The maximum atomic E-state index is 12.1. The molecule has 1 saturated heterocycles. The van der Waals surface area contributed by atoms with E-state index in [1.807, 2.05) is 24.3 Å². The molecule has 1 unspecified atom stereocenters. The number of benzene rings is 1. The molecular weight excluding hydrogens is 294 g/mol. The van der Waals surface area contributed by atoms with Gasteiger partial charge in [-0.3, -0.25) is 4.90 Å². The summed E-state index contributed by atoms with van der Waals surface area (Å²) in [6, 6.07) is 7.90. The zero-order valence-corrected chi connectivity index (χ0v) is 13.3. The zero-order chi connectivity index (χ0) is 16.2. The Morgan fingerprint density at radius 3 is 2.70 bits per heavy atom. The van der Waals surface area contributed by atoms with Gasteiger partial charge in [-0.2, -0.15) is 0 Å². The number of anilines is 1. The Morgan fingerprint density at radius 1 is 1.30 bits per heavy atom. The second-order valence-corrected chi connectivity index (χ2v) is 5.97. The van der Waals surface area contributed by atoms with Crippen molar-refractivity contribution in [2.75, 3.05) is 18.4 Å². The molecule has 2 N–H and O–H groups in total. The van der Waals surface area contributed by atoms with Crippen molar-refractivity contribution >= 4 is 11.7 Å². The van der Waals surface area contributed by atoms with E-state index in [2.05, 4.69) is 44.9 Å². The van der Waals surface area contributed by atoms with Crippen LogP contribution in [-0.4, -0.2) is 56.3 Å². The van der Waals surface area contributed by atoms with Crippen molar-refractivity contribution in [3.05, 3.63) is 30.6 Å². The van der Waals surface area contributed by atoms with Crippen molar-refractivity contribution in [3.8, 4) is 5.69 Å². The predicted molar refractivity (Wildman–Crippen MR) is 86.4 cm³/mol. The minimum absolute atomic E-state index is 0.171. The molecule has 1 aliphatic heterocycles. The third-order valence-electron chi connectivity index (χ3n) is 4.02. The first-order valence-corrected chi connectivity index (χ1v) is 7.77. The van der Waals surface area contributed by atoms with E-state index in [1.165, 1.54) is 6.33 Å². The van der Waals surface area contributed by atoms with Gasteiger partial charge in [0.25, 0.3) is 0 Å². The summed E-state index contributed by atoms with van der Waals surface area (Å²) in [7, 11) is 0. The van der Waals surface area contributed by atoms with Crippen LogP contribution in [0.25, 0.3) is 5.69 Å². The number of tetrazole rings is 1. The van der Waals surface area contributed by atoms with Gasteiger partial charge in [0, 0.05) is 30.9 Å². The molecular formula is C15H21N7O. The second-order valence-electron chi connectivity index (χ2n) is 5.97. The number of likely N-dealkylation sites (tertiary alicyclic amines) is 1. The molecule has 1 atom stereocenters. The van der Waals surface area contributed by atoms with Crippen molar-refractivity contribution < 1.29 is 4.79 Å². The molecule has 8 heteroatoms. The molecule has 23 heavy (non-hydrogen) atoms. The summed E-state index contributed by atoms with van der Waals surface area (Å²) < 4.78 is 1.56. The monoisotopic (exact) mass is 315 g/mol. The van der Waals surface area contributed by atoms with Crippen molar-refractivity contribution in [2.45, 2.75) is 32.4 Å². The molecule has 1 aromatic heterocycles. The van der Waals surface area contributed by atoms with E-state index in [-0.39, 0.29) is 12.1 Å². The Balaban J connectivity index is 1.52. The van der Waals surface area contributed by atoms with Gasteiger partial charge in [-0.05, 0) is 55.0 Å². The second kappa shape index (κ2) is 6.74. The lowest BCUT2D eigenvalue weighted by Crippen LogP contribution is -2.40. The Morgan fingerprint density at radius 2 is 2.09 bits per heavy atom. The molecule has 0 aliphatic carbocycles. The molecule has 3 rings (SSSR count). The van der Waals surface area contributed by atoms with Crippen LogP contribution < -0.4 is 10.6 Å². The number of rotatable bonds is 4. The molecule has 0 bridgehead atoms. The summed E-state index contributed by atoms with van der Waals surface area (Å²) in [6.45, 7) is 6.29. The first-order chi connectivity index (χ1) is 11.1. The Hall–Kier alpha value is -2.48. The number of carbonyl (C=O) groups is 1. The lowest BCUT2D eigenvalue weighted by atomic mass is 10.2. The number of amides is 2. The van der Waals surface area contributed by atoms with Gasteiger partial charge in [0.05, 0.1) is 5.69 Å². The summed E-state index contributed by atoms with van der Waals surface area (Å²) in [5, 5.41) is 16.9. The maximum Gasteiger partial charge on any atom is 0.319 e. The van der Waals surface area contributed by atoms with E-state index >= 15 is 0 Å². The molecule has 0 spiro atoms. The number of nitrogens with zero attached hydrogens (tertiary/aromatic N) is 5. The molecule has 1 aromatic carbocycles. The fourth-order valence-electron chi connectivity index (χ4n) is 2.70. The zero-order valence-electron chi connectivity index (χ0n) is 13.3. The molecule has 1 fully saturated rings. The number of carbonyl (C=O) groups excluding carboxylic acids is 1. The van der Waals surface area contributed by atoms with Crippen molar-refractivity contribution in [1.82, 2.24) is 30.4 Å². The van der Waals surface area contributed by atoms with Gasteiger partial charge in [0.1, 0.15) is 6.33 Å². The molecule has 0 saturated carbocycles. The molecule has 2 aromatic rings. The minimum atomic E-state index is -0.171. The van der Waals surface area contributed by atoms with Gasteiger partial charge in [-0.15, -0.1) is 5.10 Å². The minimum Gasteiger partial charge on any atom is -0.334 e. The van der Waals surface area contributed by atoms with Gasteiger partial charge in [0.15, 0.2) is 0 Å². The molecule has 2 amide bonds. The smallest absolute Gasteiger partial charge is 0.319 e. The van der Waals surface area contributed by atoms with Gasteiger partial charge >= 0.3 is 6.03 Å². The van der Waals surface area contributed by atoms with Crippen LogP contribution in [0.2, 0.25) is 0 Å². The highest BCUT2D eigenvalue weighted by Crippen LogP contribution is 2.14. The Kier molecular flexibility index (Phi) is 4.52. The number of urea groups is 1. The van der Waals surface area contributed by atoms with Crippen LogP contribution in [0.15, 0.2) is 30.6 Å². The summed E-state index contributed by atoms with van der Waals surface area (Å²) in [5.74, 6) is 0. The van der Waals surface area contributed by atoms with E-state index in [4.69, 9.17) is 0 Å². The molecule has 1 aliphatic rings. The molecule has 8 nitrogen and oxygen atoms in total. The van der Waals surface area contributed by atoms with Crippen LogP contribution in [0.4, 0.5) is 10.5 Å². The fraction of sp³-hybridized carbons (Fsp3) is 0.467. The lowest BCUT2D eigenvalue weighted by molar-refractivity contribution is 0.244. The molecule has 0 radical (unpaired) electrons. The average Bonchev–Trinajstić information content (AvgIpc) is 3.19. The van der Waals surface area contributed by atoms with Crippen molar-refractivity contribution in [3.63, 3.8) is 0 Å². The lowest BCUT2D eigenvalue weighted by Gasteiger charge is -2.20. The van der Waals surface area contributed by atoms with Crippen molar-refractivity contribution in [2.24, 2.45) is 0 Å². The predicted octanol–water partition coefficient (Wildman–Crippen LogP) is 1.27.